The molecule has 2 N–H and O–H groups in total. The molecule has 0 aliphatic carbocycles. The first-order valence-corrected chi connectivity index (χ1v) is 4.71. The number of aliphatic carboxylic acids is 1. The van der Waals surface area contributed by atoms with Gasteiger partial charge < -0.3 is 10.4 Å². The zero-order chi connectivity index (χ0) is 10.3. The molecule has 13 heavy (non-hydrogen) atoms. The monoisotopic (exact) mass is 188 g/mol. The van der Waals surface area contributed by atoms with Crippen molar-refractivity contribution in [3.8, 4) is 0 Å². The van der Waals surface area contributed by atoms with E-state index < -0.39 is 5.97 Å². The van der Waals surface area contributed by atoms with Gasteiger partial charge in [0.05, 0.1) is 0 Å². The van der Waals surface area contributed by atoms with Gasteiger partial charge in [0.2, 0.25) is 0 Å². The van der Waals surface area contributed by atoms with Crippen LogP contribution < -0.4 is 5.32 Å². The highest BCUT2D eigenvalue weighted by Crippen LogP contribution is 2.02. The van der Waals surface area contributed by atoms with Crippen molar-refractivity contribution in [1.29, 1.82) is 0 Å². The summed E-state index contributed by atoms with van der Waals surface area (Å²) in [5.41, 5.74) is 0. The predicted molar refractivity (Wildman–Crippen MR) is 52.9 cm³/mol. The summed E-state index contributed by atoms with van der Waals surface area (Å²) in [4.78, 5) is 12.6. The molecule has 0 amide bonds. The summed E-state index contributed by atoms with van der Waals surface area (Å²) in [7, 11) is 3.76. The maximum absolute atomic E-state index is 10.7. The molecule has 0 saturated carbocycles. The predicted octanol–water partition coefficient (Wildman–Crippen LogP) is 0.391. The molecule has 0 rings (SSSR count). The van der Waals surface area contributed by atoms with Crippen LogP contribution in [0.25, 0.3) is 0 Å². The van der Waals surface area contributed by atoms with E-state index in [1.165, 1.54) is 0 Å². The van der Waals surface area contributed by atoms with Crippen LogP contribution in [0.2, 0.25) is 0 Å². The van der Waals surface area contributed by atoms with Crippen LogP contribution in [0.15, 0.2) is 0 Å². The smallest absolute Gasteiger partial charge is 0.320 e. The maximum atomic E-state index is 10.7. The Bertz CT molecular complexity index is 151. The Labute approximate surface area is 79.9 Å². The van der Waals surface area contributed by atoms with Crippen LogP contribution in [0, 0.1) is 0 Å². The van der Waals surface area contributed by atoms with Crippen molar-refractivity contribution in [3.05, 3.63) is 0 Å². The molecule has 0 heterocycles. The van der Waals surface area contributed by atoms with Crippen molar-refractivity contribution in [2.75, 3.05) is 27.2 Å². The highest BCUT2D eigenvalue weighted by Gasteiger charge is 2.19. The first-order valence-electron chi connectivity index (χ1n) is 4.71. The van der Waals surface area contributed by atoms with Gasteiger partial charge in [0.25, 0.3) is 0 Å². The van der Waals surface area contributed by atoms with Crippen molar-refractivity contribution >= 4 is 5.97 Å². The molecule has 0 aliphatic rings. The van der Waals surface area contributed by atoms with Gasteiger partial charge in [-0.05, 0) is 40.0 Å². The Hall–Kier alpha value is -0.610. The summed E-state index contributed by atoms with van der Waals surface area (Å²) in [5, 5.41) is 11.9. The van der Waals surface area contributed by atoms with Crippen molar-refractivity contribution < 1.29 is 9.90 Å². The van der Waals surface area contributed by atoms with Gasteiger partial charge in [0.15, 0.2) is 0 Å². The van der Waals surface area contributed by atoms with Crippen LogP contribution in [0.4, 0.5) is 0 Å². The molecule has 4 nitrogen and oxygen atoms in total. The number of nitrogens with zero attached hydrogens (tertiary/aromatic N) is 1. The van der Waals surface area contributed by atoms with E-state index in [9.17, 15) is 4.79 Å². The number of likely N-dealkylation sites (N-methyl/N-ethyl adjacent to an activating group) is 1. The van der Waals surface area contributed by atoms with Crippen molar-refractivity contribution in [2.45, 2.75) is 25.8 Å². The summed E-state index contributed by atoms with van der Waals surface area (Å²) in [6.07, 6.45) is 1.64. The largest absolute Gasteiger partial charge is 0.480 e. The van der Waals surface area contributed by atoms with Crippen LogP contribution in [-0.4, -0.2) is 49.2 Å². The Morgan fingerprint density at radius 2 is 2.23 bits per heavy atom. The fraction of sp³-hybridized carbons (Fsp3) is 0.889. The van der Waals surface area contributed by atoms with Gasteiger partial charge in [-0.25, -0.2) is 0 Å². The van der Waals surface area contributed by atoms with E-state index in [2.05, 4.69) is 5.32 Å². The van der Waals surface area contributed by atoms with E-state index in [1.807, 2.05) is 25.9 Å². The summed E-state index contributed by atoms with van der Waals surface area (Å²) >= 11 is 0. The summed E-state index contributed by atoms with van der Waals surface area (Å²) in [5.74, 6) is -0.727. The molecular weight excluding hydrogens is 168 g/mol. The number of carbonyl (C=O) groups is 1. The van der Waals surface area contributed by atoms with Gasteiger partial charge in [-0.3, -0.25) is 9.69 Å². The molecule has 0 aromatic rings. The molecule has 1 atom stereocenters. The molecule has 0 radical (unpaired) electrons. The quantitative estimate of drug-likeness (QED) is 0.567. The number of carboxylic acid groups (broad SMARTS) is 1. The second-order valence-electron chi connectivity index (χ2n) is 3.20. The van der Waals surface area contributed by atoms with Gasteiger partial charge in [0, 0.05) is 0 Å². The SMILES string of the molecule is CCC(C(=O)O)N(C)CCCNC. The number of carboxylic acids is 1. The van der Waals surface area contributed by atoms with Crippen molar-refractivity contribution in [2.24, 2.45) is 0 Å². The fourth-order valence-corrected chi connectivity index (χ4v) is 1.34. The first-order chi connectivity index (χ1) is 6.13. The van der Waals surface area contributed by atoms with Crippen LogP contribution in [0.1, 0.15) is 19.8 Å². The molecular formula is C9H20N2O2. The summed E-state index contributed by atoms with van der Waals surface area (Å²) in [6, 6.07) is -0.336. The Kier molecular flexibility index (Phi) is 6.54. The highest BCUT2D eigenvalue weighted by molar-refractivity contribution is 5.73. The lowest BCUT2D eigenvalue weighted by Gasteiger charge is -2.23. The van der Waals surface area contributed by atoms with Crippen molar-refractivity contribution in [3.63, 3.8) is 0 Å². The van der Waals surface area contributed by atoms with Gasteiger partial charge in [0.1, 0.15) is 6.04 Å². The van der Waals surface area contributed by atoms with E-state index in [0.717, 1.165) is 19.5 Å². The molecule has 0 aromatic carbocycles. The van der Waals surface area contributed by atoms with Crippen molar-refractivity contribution in [1.82, 2.24) is 10.2 Å². The second kappa shape index (κ2) is 6.86. The number of nitrogens with one attached hydrogen (secondary N) is 1. The fourth-order valence-electron chi connectivity index (χ4n) is 1.34. The molecule has 0 fully saturated rings. The summed E-state index contributed by atoms with van der Waals surface area (Å²) < 4.78 is 0. The third kappa shape index (κ3) is 4.85. The molecule has 0 aromatic heterocycles. The number of rotatable bonds is 7. The summed E-state index contributed by atoms with van der Waals surface area (Å²) in [6.45, 7) is 3.65. The van der Waals surface area contributed by atoms with E-state index >= 15 is 0 Å². The lowest BCUT2D eigenvalue weighted by Crippen LogP contribution is -2.39. The van der Waals surface area contributed by atoms with Crippen LogP contribution in [-0.2, 0) is 4.79 Å². The molecule has 0 spiro atoms. The first kappa shape index (κ1) is 12.4. The second-order valence-corrected chi connectivity index (χ2v) is 3.20. The van der Waals surface area contributed by atoms with Gasteiger partial charge in [-0.1, -0.05) is 6.92 Å². The van der Waals surface area contributed by atoms with Gasteiger partial charge in [-0.15, -0.1) is 0 Å². The zero-order valence-corrected chi connectivity index (χ0v) is 8.71. The molecule has 78 valence electrons. The molecule has 0 bridgehead atoms. The minimum atomic E-state index is -0.727. The van der Waals surface area contributed by atoms with E-state index in [1.54, 1.807) is 0 Å². The van der Waals surface area contributed by atoms with Crippen LogP contribution in [0.5, 0.6) is 0 Å². The van der Waals surface area contributed by atoms with Crippen LogP contribution in [0.3, 0.4) is 0 Å². The van der Waals surface area contributed by atoms with E-state index in [0.29, 0.717) is 6.42 Å². The average Bonchev–Trinajstić information content (AvgIpc) is 2.05. The van der Waals surface area contributed by atoms with Gasteiger partial charge in [-0.2, -0.15) is 0 Å². The maximum Gasteiger partial charge on any atom is 0.320 e. The average molecular weight is 188 g/mol. The zero-order valence-electron chi connectivity index (χ0n) is 8.71. The highest BCUT2D eigenvalue weighted by atomic mass is 16.4. The van der Waals surface area contributed by atoms with E-state index in [-0.39, 0.29) is 6.04 Å². The molecule has 0 aliphatic heterocycles. The Morgan fingerprint density at radius 3 is 2.62 bits per heavy atom. The standard InChI is InChI=1S/C9H20N2O2/c1-4-8(9(12)13)11(3)7-5-6-10-2/h8,10H,4-7H2,1-3H3,(H,12,13). The Morgan fingerprint density at radius 1 is 1.62 bits per heavy atom. The van der Waals surface area contributed by atoms with E-state index in [4.69, 9.17) is 5.11 Å². The molecule has 0 saturated heterocycles. The third-order valence-electron chi connectivity index (χ3n) is 2.14. The minimum absolute atomic E-state index is 0.336. The Balaban J connectivity index is 3.77. The minimum Gasteiger partial charge on any atom is -0.480 e. The topological polar surface area (TPSA) is 52.6 Å². The third-order valence-corrected chi connectivity index (χ3v) is 2.14. The van der Waals surface area contributed by atoms with Gasteiger partial charge >= 0.3 is 5.97 Å². The number of hydrogen-bond donors (Lipinski definition) is 2. The lowest BCUT2D eigenvalue weighted by molar-refractivity contribution is -0.142. The molecule has 1 unspecified atom stereocenters. The lowest BCUT2D eigenvalue weighted by atomic mass is 10.2. The normalized spacial score (nSPS) is 13.2. The molecule has 4 heteroatoms. The van der Waals surface area contributed by atoms with Crippen LogP contribution >= 0.6 is 0 Å². The number of hydrogen-bond acceptors (Lipinski definition) is 3.